The number of aryl methyl sites for hydroxylation is 2. The third-order valence-electron chi connectivity index (χ3n) is 5.60. The van der Waals surface area contributed by atoms with Gasteiger partial charge >= 0.3 is 0 Å². The van der Waals surface area contributed by atoms with E-state index in [-0.39, 0.29) is 15.8 Å². The molecule has 4 aromatic rings. The first kappa shape index (κ1) is 25.7. The summed E-state index contributed by atoms with van der Waals surface area (Å²) in [5.74, 6) is -1.07. The summed E-state index contributed by atoms with van der Waals surface area (Å²) in [5, 5.41) is 17.3. The summed E-state index contributed by atoms with van der Waals surface area (Å²) in [7, 11) is -3.87. The van der Waals surface area contributed by atoms with Crippen molar-refractivity contribution in [3.63, 3.8) is 0 Å². The highest BCUT2D eigenvalue weighted by atomic mass is 32.2. The summed E-state index contributed by atoms with van der Waals surface area (Å²) < 4.78 is 52.0. The van der Waals surface area contributed by atoms with Crippen LogP contribution in [0.15, 0.2) is 64.6 Å². The third kappa shape index (κ3) is 5.25. The summed E-state index contributed by atoms with van der Waals surface area (Å²) in [6.07, 6.45) is -2.09. The molecule has 3 aromatic carbocycles. The predicted octanol–water partition coefficient (Wildman–Crippen LogP) is 4.61. The number of rotatable bonds is 8. The van der Waals surface area contributed by atoms with Gasteiger partial charge in [-0.25, -0.2) is 22.3 Å². The molecule has 0 radical (unpaired) electrons. The SMILES string of the molecule is CCc1ccc(-n2c(SCC(=O)Nc3ccc(S(N)(=O)=O)cc3C)nnc2C(F)F)c2ccccc12. The van der Waals surface area contributed by atoms with Crippen LogP contribution in [-0.2, 0) is 21.2 Å². The number of hydrogen-bond acceptors (Lipinski definition) is 6. The molecule has 1 heterocycles. The molecular formula is C24H23F2N5O3S2. The molecule has 36 heavy (non-hydrogen) atoms. The van der Waals surface area contributed by atoms with Crippen molar-refractivity contribution in [2.45, 2.75) is 36.7 Å². The second-order valence-electron chi connectivity index (χ2n) is 7.98. The maximum atomic E-state index is 13.9. The van der Waals surface area contributed by atoms with Gasteiger partial charge < -0.3 is 5.32 Å². The first-order valence-corrected chi connectivity index (χ1v) is 13.4. The average molecular weight is 532 g/mol. The highest BCUT2D eigenvalue weighted by Gasteiger charge is 2.24. The first-order chi connectivity index (χ1) is 17.1. The number of halogens is 2. The molecule has 0 aliphatic rings. The zero-order chi connectivity index (χ0) is 26.0. The normalized spacial score (nSPS) is 11.8. The monoisotopic (exact) mass is 531 g/mol. The maximum absolute atomic E-state index is 13.9. The minimum Gasteiger partial charge on any atom is -0.325 e. The van der Waals surface area contributed by atoms with E-state index in [1.165, 1.54) is 22.8 Å². The Morgan fingerprint density at radius 1 is 1.11 bits per heavy atom. The Bertz CT molecular complexity index is 1550. The van der Waals surface area contributed by atoms with Crippen LogP contribution in [0.3, 0.4) is 0 Å². The van der Waals surface area contributed by atoms with Crippen molar-refractivity contribution in [1.29, 1.82) is 0 Å². The number of amides is 1. The Kier molecular flexibility index (Phi) is 7.38. The van der Waals surface area contributed by atoms with E-state index in [1.807, 2.05) is 37.3 Å². The molecular weight excluding hydrogens is 508 g/mol. The molecule has 0 saturated heterocycles. The number of thioether (sulfide) groups is 1. The standard InChI is InChI=1S/C24H23F2N5O3S2/c1-3-15-8-11-20(18-7-5-4-6-17(15)18)31-23(22(25)26)29-30-24(31)35-13-21(32)28-19-10-9-16(12-14(19)2)36(27,33)34/h4-12,22H,3,13H2,1-2H3,(H,28,32)(H2,27,33,34). The lowest BCUT2D eigenvalue weighted by atomic mass is 10.0. The Hall–Kier alpha value is -3.35. The van der Waals surface area contributed by atoms with Gasteiger partial charge in [0.2, 0.25) is 21.8 Å². The number of primary sulfonamides is 1. The van der Waals surface area contributed by atoms with Gasteiger partial charge in [-0.15, -0.1) is 10.2 Å². The zero-order valence-electron chi connectivity index (χ0n) is 19.4. The largest absolute Gasteiger partial charge is 0.325 e. The van der Waals surface area contributed by atoms with Crippen molar-refractivity contribution in [2.75, 3.05) is 11.1 Å². The fraction of sp³-hybridized carbons (Fsp3) is 0.208. The molecule has 0 atom stereocenters. The molecule has 1 amide bonds. The van der Waals surface area contributed by atoms with Crippen molar-refractivity contribution in [3.8, 4) is 5.69 Å². The van der Waals surface area contributed by atoms with Gasteiger partial charge in [-0.3, -0.25) is 9.36 Å². The number of anilines is 1. The quantitative estimate of drug-likeness (QED) is 0.321. The van der Waals surface area contributed by atoms with E-state index >= 15 is 0 Å². The van der Waals surface area contributed by atoms with E-state index in [0.717, 1.165) is 34.5 Å². The minimum atomic E-state index is -3.87. The predicted molar refractivity (Wildman–Crippen MR) is 135 cm³/mol. The topological polar surface area (TPSA) is 120 Å². The highest BCUT2D eigenvalue weighted by Crippen LogP contribution is 2.33. The maximum Gasteiger partial charge on any atom is 0.297 e. The van der Waals surface area contributed by atoms with Gasteiger partial charge in [-0.1, -0.05) is 49.0 Å². The van der Waals surface area contributed by atoms with E-state index in [0.29, 0.717) is 16.9 Å². The van der Waals surface area contributed by atoms with Crippen LogP contribution in [0.1, 0.15) is 30.3 Å². The molecule has 1 aromatic heterocycles. The van der Waals surface area contributed by atoms with Crippen molar-refractivity contribution < 1.29 is 22.0 Å². The average Bonchev–Trinajstić information content (AvgIpc) is 3.26. The second kappa shape index (κ2) is 10.3. The molecule has 12 heteroatoms. The number of aromatic nitrogens is 3. The molecule has 3 N–H and O–H groups in total. The van der Waals surface area contributed by atoms with Gasteiger partial charge in [0, 0.05) is 11.1 Å². The van der Waals surface area contributed by atoms with Crippen molar-refractivity contribution in [1.82, 2.24) is 14.8 Å². The molecule has 4 rings (SSSR count). The van der Waals surface area contributed by atoms with Crippen LogP contribution >= 0.6 is 11.8 Å². The second-order valence-corrected chi connectivity index (χ2v) is 10.5. The molecule has 8 nitrogen and oxygen atoms in total. The number of fused-ring (bicyclic) bond motifs is 1. The van der Waals surface area contributed by atoms with Crippen LogP contribution in [-0.4, -0.2) is 34.8 Å². The molecule has 0 unspecified atom stereocenters. The van der Waals surface area contributed by atoms with Crippen LogP contribution in [0.25, 0.3) is 16.5 Å². The molecule has 0 aliphatic carbocycles. The van der Waals surface area contributed by atoms with E-state index in [4.69, 9.17) is 5.14 Å². The summed E-state index contributed by atoms with van der Waals surface area (Å²) in [5.41, 5.74) is 2.49. The van der Waals surface area contributed by atoms with E-state index in [2.05, 4.69) is 15.5 Å². The minimum absolute atomic E-state index is 0.0682. The number of nitrogens with zero attached hydrogens (tertiary/aromatic N) is 3. The number of sulfonamides is 1. The summed E-state index contributed by atoms with van der Waals surface area (Å²) in [4.78, 5) is 12.6. The Balaban J connectivity index is 1.62. The van der Waals surface area contributed by atoms with E-state index < -0.39 is 28.2 Å². The molecule has 0 fully saturated rings. The van der Waals surface area contributed by atoms with E-state index in [9.17, 15) is 22.0 Å². The van der Waals surface area contributed by atoms with Crippen LogP contribution < -0.4 is 10.5 Å². The fourth-order valence-electron chi connectivity index (χ4n) is 3.86. The summed E-state index contributed by atoms with van der Waals surface area (Å²) in [6, 6.07) is 15.3. The smallest absolute Gasteiger partial charge is 0.297 e. The van der Waals surface area contributed by atoms with Crippen molar-refractivity contribution >= 4 is 44.2 Å². The molecule has 0 spiro atoms. The van der Waals surface area contributed by atoms with Gasteiger partial charge in [0.25, 0.3) is 6.43 Å². The van der Waals surface area contributed by atoms with Gasteiger partial charge in [0.15, 0.2) is 5.16 Å². The summed E-state index contributed by atoms with van der Waals surface area (Å²) in [6.45, 7) is 3.66. The molecule has 0 aliphatic heterocycles. The van der Waals surface area contributed by atoms with Crippen LogP contribution in [0.5, 0.6) is 0 Å². The number of nitrogens with one attached hydrogen (secondary N) is 1. The van der Waals surface area contributed by atoms with Gasteiger partial charge in [0.1, 0.15) is 0 Å². The lowest BCUT2D eigenvalue weighted by molar-refractivity contribution is -0.113. The number of benzene rings is 3. The van der Waals surface area contributed by atoms with E-state index in [1.54, 1.807) is 13.0 Å². The van der Waals surface area contributed by atoms with Crippen LogP contribution in [0, 0.1) is 6.92 Å². The highest BCUT2D eigenvalue weighted by molar-refractivity contribution is 7.99. The molecule has 0 saturated carbocycles. The third-order valence-corrected chi connectivity index (χ3v) is 7.44. The van der Waals surface area contributed by atoms with Crippen molar-refractivity contribution in [2.24, 2.45) is 5.14 Å². The Morgan fingerprint density at radius 2 is 1.83 bits per heavy atom. The van der Waals surface area contributed by atoms with Gasteiger partial charge in [-0.2, -0.15) is 0 Å². The fourth-order valence-corrected chi connectivity index (χ4v) is 5.21. The number of nitrogens with two attached hydrogens (primary N) is 1. The zero-order valence-corrected chi connectivity index (χ0v) is 21.0. The number of carbonyl (C=O) groups is 1. The lowest BCUT2D eigenvalue weighted by Crippen LogP contribution is -2.16. The first-order valence-electron chi connectivity index (χ1n) is 10.9. The van der Waals surface area contributed by atoms with Gasteiger partial charge in [0.05, 0.1) is 16.3 Å². The Morgan fingerprint density at radius 3 is 2.47 bits per heavy atom. The number of carbonyl (C=O) groups excluding carboxylic acids is 1. The lowest BCUT2D eigenvalue weighted by Gasteiger charge is -2.15. The Labute approximate surface area is 211 Å². The number of alkyl halides is 2. The van der Waals surface area contributed by atoms with Crippen molar-refractivity contribution in [3.05, 3.63) is 71.5 Å². The van der Waals surface area contributed by atoms with Crippen LogP contribution in [0.2, 0.25) is 0 Å². The summed E-state index contributed by atoms with van der Waals surface area (Å²) >= 11 is 0.967. The molecule has 188 valence electrons. The van der Waals surface area contributed by atoms with Gasteiger partial charge in [-0.05, 0) is 54.1 Å². The van der Waals surface area contributed by atoms with Crippen LogP contribution in [0.4, 0.5) is 14.5 Å². The molecule has 0 bridgehead atoms. The number of hydrogen-bond donors (Lipinski definition) is 2.